The molecule has 3 aliphatic rings. The third-order valence-electron chi connectivity index (χ3n) is 6.13. The number of hydrogen-bond acceptors (Lipinski definition) is 5. The SMILES string of the molecule is CC(F)(F)c1nc(C23CCC(CNc4cc(I)c(F)cn4)(CC2)CC3)no1. The molecule has 0 atom stereocenters. The summed E-state index contributed by atoms with van der Waals surface area (Å²) >= 11 is 1.95. The lowest BCUT2D eigenvalue weighted by Crippen LogP contribution is -2.47. The highest BCUT2D eigenvalue weighted by Crippen LogP contribution is 2.57. The van der Waals surface area contributed by atoms with Crippen LogP contribution in [-0.2, 0) is 11.3 Å². The number of anilines is 1. The monoisotopic (exact) mass is 492 g/mol. The number of aromatic nitrogens is 3. The molecule has 2 bridgehead atoms. The molecule has 1 N–H and O–H groups in total. The Hall–Kier alpha value is -1.39. The maximum atomic E-state index is 13.4. The Balaban J connectivity index is 1.43. The van der Waals surface area contributed by atoms with Crippen LogP contribution < -0.4 is 5.32 Å². The van der Waals surface area contributed by atoms with Crippen LogP contribution in [-0.4, -0.2) is 21.7 Å². The molecule has 0 aromatic carbocycles. The second-order valence-corrected chi connectivity index (χ2v) is 9.09. The van der Waals surface area contributed by atoms with E-state index in [2.05, 4.69) is 20.4 Å². The van der Waals surface area contributed by atoms with Crippen molar-refractivity contribution >= 4 is 28.4 Å². The average Bonchev–Trinajstić information content (AvgIpc) is 3.16. The Morgan fingerprint density at radius 1 is 1.22 bits per heavy atom. The molecule has 3 saturated carbocycles. The third-order valence-corrected chi connectivity index (χ3v) is 6.96. The van der Waals surface area contributed by atoms with Gasteiger partial charge in [0.2, 0.25) is 0 Å². The van der Waals surface area contributed by atoms with Gasteiger partial charge in [0.15, 0.2) is 11.6 Å². The van der Waals surface area contributed by atoms with Gasteiger partial charge in [-0.15, -0.1) is 0 Å². The predicted octanol–water partition coefficient (Wildman–Crippen LogP) is 5.02. The van der Waals surface area contributed by atoms with Crippen molar-refractivity contribution in [1.29, 1.82) is 0 Å². The molecule has 0 aliphatic heterocycles. The van der Waals surface area contributed by atoms with Crippen LogP contribution in [0.15, 0.2) is 16.8 Å². The van der Waals surface area contributed by atoms with Crippen molar-refractivity contribution in [2.24, 2.45) is 5.41 Å². The van der Waals surface area contributed by atoms with Crippen LogP contribution in [0.1, 0.15) is 57.2 Å². The molecule has 2 aromatic heterocycles. The Morgan fingerprint density at radius 3 is 2.44 bits per heavy atom. The summed E-state index contributed by atoms with van der Waals surface area (Å²) in [4.78, 5) is 8.11. The van der Waals surface area contributed by atoms with Gasteiger partial charge in [-0.25, -0.2) is 9.37 Å². The fourth-order valence-corrected chi connectivity index (χ4v) is 4.70. The van der Waals surface area contributed by atoms with Gasteiger partial charge in [0.1, 0.15) is 5.82 Å². The van der Waals surface area contributed by atoms with Crippen LogP contribution in [0.2, 0.25) is 0 Å². The number of fused-ring (bicyclic) bond motifs is 3. The lowest BCUT2D eigenvalue weighted by Gasteiger charge is -2.52. The van der Waals surface area contributed by atoms with E-state index >= 15 is 0 Å². The van der Waals surface area contributed by atoms with E-state index < -0.39 is 11.8 Å². The Kier molecular flexibility index (Phi) is 4.63. The fourth-order valence-electron chi connectivity index (χ4n) is 4.27. The predicted molar refractivity (Wildman–Crippen MR) is 101 cm³/mol. The number of alkyl halides is 2. The maximum absolute atomic E-state index is 13.4. The van der Waals surface area contributed by atoms with E-state index in [-0.39, 0.29) is 16.6 Å². The van der Waals surface area contributed by atoms with E-state index in [1.807, 2.05) is 22.6 Å². The normalized spacial score (nSPS) is 27.7. The van der Waals surface area contributed by atoms with Crippen LogP contribution in [0.4, 0.5) is 19.0 Å². The van der Waals surface area contributed by atoms with Gasteiger partial charge in [0.05, 0.1) is 9.77 Å². The Morgan fingerprint density at radius 2 is 1.89 bits per heavy atom. The van der Waals surface area contributed by atoms with Gasteiger partial charge in [-0.1, -0.05) is 5.16 Å². The molecule has 5 nitrogen and oxygen atoms in total. The number of nitrogens with zero attached hydrogens (tertiary/aromatic N) is 3. The summed E-state index contributed by atoms with van der Waals surface area (Å²) in [6.07, 6.45) is 6.69. The van der Waals surface area contributed by atoms with E-state index in [9.17, 15) is 13.2 Å². The van der Waals surface area contributed by atoms with Crippen molar-refractivity contribution in [2.75, 3.05) is 11.9 Å². The highest BCUT2D eigenvalue weighted by atomic mass is 127. The first-order chi connectivity index (χ1) is 12.7. The van der Waals surface area contributed by atoms with Gasteiger partial charge < -0.3 is 9.84 Å². The van der Waals surface area contributed by atoms with E-state index in [4.69, 9.17) is 4.52 Å². The molecule has 0 radical (unpaired) electrons. The molecular formula is C18H20F3IN4O. The summed E-state index contributed by atoms with van der Waals surface area (Å²) in [5.74, 6) is -2.94. The minimum absolute atomic E-state index is 0.143. The van der Waals surface area contributed by atoms with Gasteiger partial charge in [-0.3, -0.25) is 0 Å². The quantitative estimate of drug-likeness (QED) is 0.594. The van der Waals surface area contributed by atoms with Crippen molar-refractivity contribution in [1.82, 2.24) is 15.1 Å². The second kappa shape index (κ2) is 6.59. The van der Waals surface area contributed by atoms with Gasteiger partial charge in [0.25, 0.3) is 5.89 Å². The molecule has 3 aliphatic carbocycles. The van der Waals surface area contributed by atoms with Crippen molar-refractivity contribution in [2.45, 2.75) is 56.8 Å². The summed E-state index contributed by atoms with van der Waals surface area (Å²) < 4.78 is 45.5. The average molecular weight is 492 g/mol. The summed E-state index contributed by atoms with van der Waals surface area (Å²) in [6, 6.07) is 1.70. The maximum Gasteiger partial charge on any atom is 0.322 e. The minimum Gasteiger partial charge on any atom is -0.369 e. The highest BCUT2D eigenvalue weighted by Gasteiger charge is 2.52. The lowest BCUT2D eigenvalue weighted by molar-refractivity contribution is -0.0158. The zero-order valence-corrected chi connectivity index (χ0v) is 17.0. The molecule has 0 saturated heterocycles. The largest absolute Gasteiger partial charge is 0.369 e. The zero-order valence-electron chi connectivity index (χ0n) is 14.9. The summed E-state index contributed by atoms with van der Waals surface area (Å²) in [5, 5.41) is 7.22. The fraction of sp³-hybridized carbons (Fsp3) is 0.611. The number of hydrogen-bond donors (Lipinski definition) is 1. The van der Waals surface area contributed by atoms with Crippen LogP contribution >= 0.6 is 22.6 Å². The van der Waals surface area contributed by atoms with Crippen LogP contribution in [0.25, 0.3) is 0 Å². The summed E-state index contributed by atoms with van der Waals surface area (Å²) in [5.41, 5.74) is -0.108. The molecule has 3 fully saturated rings. The molecule has 146 valence electrons. The minimum atomic E-state index is -3.11. The first-order valence-electron chi connectivity index (χ1n) is 8.99. The molecule has 5 rings (SSSR count). The van der Waals surface area contributed by atoms with Crippen molar-refractivity contribution < 1.29 is 17.7 Å². The van der Waals surface area contributed by atoms with Gasteiger partial charge in [-0.2, -0.15) is 13.8 Å². The van der Waals surface area contributed by atoms with Gasteiger partial charge >= 0.3 is 5.92 Å². The Labute approximate surface area is 168 Å². The molecule has 9 heteroatoms. The smallest absolute Gasteiger partial charge is 0.322 e. The summed E-state index contributed by atoms with van der Waals surface area (Å²) in [6.45, 7) is 1.54. The number of nitrogens with one attached hydrogen (secondary N) is 1. The van der Waals surface area contributed by atoms with Crippen molar-refractivity contribution in [3.8, 4) is 0 Å². The van der Waals surface area contributed by atoms with E-state index in [0.29, 0.717) is 15.2 Å². The zero-order chi connectivity index (χ0) is 19.3. The van der Waals surface area contributed by atoms with E-state index in [0.717, 1.165) is 52.0 Å². The molecule has 27 heavy (non-hydrogen) atoms. The Bertz CT molecular complexity index is 827. The van der Waals surface area contributed by atoms with Crippen LogP contribution in [0, 0.1) is 14.8 Å². The lowest BCUT2D eigenvalue weighted by atomic mass is 9.53. The van der Waals surface area contributed by atoms with Gasteiger partial charge in [-0.05, 0) is 72.6 Å². The summed E-state index contributed by atoms with van der Waals surface area (Å²) in [7, 11) is 0. The van der Waals surface area contributed by atoms with Crippen LogP contribution in [0.5, 0.6) is 0 Å². The van der Waals surface area contributed by atoms with Gasteiger partial charge in [0, 0.05) is 18.9 Å². The van der Waals surface area contributed by atoms with Crippen molar-refractivity contribution in [3.63, 3.8) is 0 Å². The molecule has 2 heterocycles. The van der Waals surface area contributed by atoms with Crippen LogP contribution in [0.3, 0.4) is 0 Å². The molecule has 0 spiro atoms. The molecule has 0 amide bonds. The highest BCUT2D eigenvalue weighted by molar-refractivity contribution is 14.1. The first kappa shape index (κ1) is 18.9. The van der Waals surface area contributed by atoms with E-state index in [1.165, 1.54) is 6.20 Å². The topological polar surface area (TPSA) is 63.8 Å². The number of rotatable bonds is 5. The van der Waals surface area contributed by atoms with Crippen molar-refractivity contribution in [3.05, 3.63) is 33.4 Å². The second-order valence-electron chi connectivity index (χ2n) is 7.93. The number of halogens is 4. The standard InChI is InChI=1S/C18H20F3IN4O/c1-16(20,21)15-25-14(26-27-15)18-5-2-17(3-6-18,4-7-18)10-24-13-8-12(22)11(19)9-23-13/h8-9H,2-7,10H2,1H3,(H,23,24). The first-order valence-corrected chi connectivity index (χ1v) is 10.1. The molecule has 0 unspecified atom stereocenters. The van der Waals surface area contributed by atoms with E-state index in [1.54, 1.807) is 6.07 Å². The molecule has 2 aromatic rings. The number of pyridine rings is 1. The molecular weight excluding hydrogens is 472 g/mol. The third kappa shape index (κ3) is 3.54.